The third-order valence-corrected chi connectivity index (χ3v) is 6.94. The smallest absolute Gasteiger partial charge is 0.267 e. The van der Waals surface area contributed by atoms with Gasteiger partial charge in [-0.2, -0.15) is 0 Å². The Balaban J connectivity index is 1.26. The minimum Gasteiger partial charge on any atom is -0.485 e. The quantitative estimate of drug-likeness (QED) is 0.646. The number of hydrogen-bond acceptors (Lipinski definition) is 9. The number of anilines is 1. The maximum Gasteiger partial charge on any atom is 0.267 e. The van der Waals surface area contributed by atoms with E-state index in [0.29, 0.717) is 43.4 Å². The SMILES string of the molecule is CC(C)NC(=O)CSc1nnc(N2CCN(C(=O)C3COc4ccccc4O3)CC2)s1. The van der Waals surface area contributed by atoms with Gasteiger partial charge in [-0.3, -0.25) is 9.59 Å². The molecule has 0 bridgehead atoms. The van der Waals surface area contributed by atoms with Crippen LogP contribution < -0.4 is 19.7 Å². The van der Waals surface area contributed by atoms with Gasteiger partial charge >= 0.3 is 0 Å². The first-order chi connectivity index (χ1) is 15.0. The van der Waals surface area contributed by atoms with Gasteiger partial charge in [0.25, 0.3) is 5.91 Å². The summed E-state index contributed by atoms with van der Waals surface area (Å²) in [5.41, 5.74) is 0. The number of fused-ring (bicyclic) bond motifs is 1. The van der Waals surface area contributed by atoms with E-state index in [0.717, 1.165) is 9.47 Å². The van der Waals surface area contributed by atoms with Crippen LogP contribution in [0.15, 0.2) is 28.6 Å². The molecule has 11 heteroatoms. The summed E-state index contributed by atoms with van der Waals surface area (Å²) < 4.78 is 12.3. The highest BCUT2D eigenvalue weighted by Crippen LogP contribution is 2.32. The topological polar surface area (TPSA) is 96.9 Å². The molecule has 0 saturated carbocycles. The largest absolute Gasteiger partial charge is 0.485 e. The monoisotopic (exact) mass is 463 g/mol. The van der Waals surface area contributed by atoms with Gasteiger partial charge in [0.1, 0.15) is 6.61 Å². The zero-order valence-corrected chi connectivity index (χ0v) is 19.1. The molecule has 1 N–H and O–H groups in total. The number of aromatic nitrogens is 2. The zero-order chi connectivity index (χ0) is 21.8. The Kier molecular flexibility index (Phi) is 6.81. The van der Waals surface area contributed by atoms with Crippen LogP contribution in [-0.2, 0) is 9.59 Å². The third-order valence-electron chi connectivity index (χ3n) is 4.82. The molecule has 0 aliphatic carbocycles. The van der Waals surface area contributed by atoms with Crippen LogP contribution in [0, 0.1) is 0 Å². The molecule has 2 amide bonds. The van der Waals surface area contributed by atoms with Crippen LogP contribution in [0.25, 0.3) is 0 Å². The minimum atomic E-state index is -0.622. The average molecular weight is 464 g/mol. The standard InChI is InChI=1S/C20H25N5O4S2/c1-13(2)21-17(26)12-30-20-23-22-19(31-20)25-9-7-24(8-10-25)18(27)16-11-28-14-5-3-4-6-15(14)29-16/h3-6,13,16H,7-12H2,1-2H3,(H,21,26). The van der Waals surface area contributed by atoms with Gasteiger partial charge in [0.2, 0.25) is 17.1 Å². The molecule has 1 fully saturated rings. The number of para-hydroxylation sites is 2. The van der Waals surface area contributed by atoms with Crippen molar-refractivity contribution in [1.29, 1.82) is 0 Å². The predicted molar refractivity (Wildman–Crippen MR) is 119 cm³/mol. The molecule has 1 aromatic carbocycles. The van der Waals surface area contributed by atoms with Gasteiger partial charge in [0, 0.05) is 32.2 Å². The molecule has 1 aromatic heterocycles. The summed E-state index contributed by atoms with van der Waals surface area (Å²) in [6, 6.07) is 7.50. The Morgan fingerprint density at radius 2 is 1.94 bits per heavy atom. The number of piperazine rings is 1. The molecule has 9 nitrogen and oxygen atoms in total. The normalized spacial score (nSPS) is 18.2. The van der Waals surface area contributed by atoms with Crippen LogP contribution >= 0.6 is 23.1 Å². The molecule has 0 radical (unpaired) electrons. The number of nitrogens with zero attached hydrogens (tertiary/aromatic N) is 4. The summed E-state index contributed by atoms with van der Waals surface area (Å²) in [5.74, 6) is 1.52. The van der Waals surface area contributed by atoms with E-state index < -0.39 is 6.10 Å². The number of ether oxygens (including phenoxy) is 2. The van der Waals surface area contributed by atoms with E-state index in [2.05, 4.69) is 20.4 Å². The molecule has 4 rings (SSSR count). The Morgan fingerprint density at radius 3 is 2.68 bits per heavy atom. The predicted octanol–water partition coefficient (Wildman–Crippen LogP) is 1.64. The molecule has 2 aromatic rings. The van der Waals surface area contributed by atoms with Crippen LogP contribution in [0.1, 0.15) is 13.8 Å². The fraction of sp³-hybridized carbons (Fsp3) is 0.500. The summed E-state index contributed by atoms with van der Waals surface area (Å²) in [7, 11) is 0. The molecule has 166 valence electrons. The highest BCUT2D eigenvalue weighted by molar-refractivity contribution is 8.01. The average Bonchev–Trinajstić information content (AvgIpc) is 3.26. The summed E-state index contributed by atoms with van der Waals surface area (Å²) in [4.78, 5) is 28.6. The van der Waals surface area contributed by atoms with Crippen molar-refractivity contribution in [3.8, 4) is 11.5 Å². The first-order valence-electron chi connectivity index (χ1n) is 10.2. The van der Waals surface area contributed by atoms with E-state index in [4.69, 9.17) is 9.47 Å². The zero-order valence-electron chi connectivity index (χ0n) is 17.4. The molecule has 1 unspecified atom stereocenters. The van der Waals surface area contributed by atoms with Gasteiger partial charge in [-0.1, -0.05) is 35.2 Å². The lowest BCUT2D eigenvalue weighted by Crippen LogP contribution is -2.54. The second-order valence-electron chi connectivity index (χ2n) is 7.54. The van der Waals surface area contributed by atoms with Crippen LogP contribution in [0.5, 0.6) is 11.5 Å². The summed E-state index contributed by atoms with van der Waals surface area (Å²) in [6.07, 6.45) is -0.622. The van der Waals surface area contributed by atoms with Gasteiger partial charge in [0.05, 0.1) is 5.75 Å². The lowest BCUT2D eigenvalue weighted by atomic mass is 10.2. The van der Waals surface area contributed by atoms with E-state index in [1.165, 1.54) is 23.1 Å². The Morgan fingerprint density at radius 1 is 1.19 bits per heavy atom. The van der Waals surface area contributed by atoms with E-state index in [-0.39, 0.29) is 24.5 Å². The number of amides is 2. The summed E-state index contributed by atoms with van der Waals surface area (Å²) in [5, 5.41) is 12.1. The van der Waals surface area contributed by atoms with Crippen molar-refractivity contribution in [3.63, 3.8) is 0 Å². The third kappa shape index (κ3) is 5.40. The number of nitrogens with one attached hydrogen (secondary N) is 1. The highest BCUT2D eigenvalue weighted by atomic mass is 32.2. The van der Waals surface area contributed by atoms with Gasteiger partial charge in [-0.25, -0.2) is 0 Å². The number of hydrogen-bond donors (Lipinski definition) is 1. The van der Waals surface area contributed by atoms with Crippen LogP contribution in [0.2, 0.25) is 0 Å². The van der Waals surface area contributed by atoms with Gasteiger partial charge in [-0.05, 0) is 26.0 Å². The van der Waals surface area contributed by atoms with Gasteiger partial charge in [-0.15, -0.1) is 10.2 Å². The number of benzene rings is 1. The molecular weight excluding hydrogens is 438 g/mol. The molecule has 2 aliphatic heterocycles. The number of rotatable bonds is 6. The second kappa shape index (κ2) is 9.73. The van der Waals surface area contributed by atoms with Crippen molar-refractivity contribution in [2.45, 2.75) is 30.3 Å². The molecule has 2 aliphatic rings. The fourth-order valence-electron chi connectivity index (χ4n) is 3.34. The lowest BCUT2D eigenvalue weighted by molar-refractivity contribution is -0.141. The van der Waals surface area contributed by atoms with Crippen molar-refractivity contribution in [2.24, 2.45) is 0 Å². The highest BCUT2D eigenvalue weighted by Gasteiger charge is 2.33. The lowest BCUT2D eigenvalue weighted by Gasteiger charge is -2.36. The second-order valence-corrected chi connectivity index (χ2v) is 9.72. The van der Waals surface area contributed by atoms with Crippen LogP contribution in [0.4, 0.5) is 5.13 Å². The van der Waals surface area contributed by atoms with Crippen molar-refractivity contribution >= 4 is 40.0 Å². The Hall–Kier alpha value is -2.53. The van der Waals surface area contributed by atoms with Gasteiger partial charge < -0.3 is 24.6 Å². The van der Waals surface area contributed by atoms with Crippen molar-refractivity contribution in [1.82, 2.24) is 20.4 Å². The summed E-state index contributed by atoms with van der Waals surface area (Å²) in [6.45, 7) is 6.59. The molecule has 1 saturated heterocycles. The van der Waals surface area contributed by atoms with Crippen molar-refractivity contribution in [3.05, 3.63) is 24.3 Å². The van der Waals surface area contributed by atoms with Crippen LogP contribution in [-0.4, -0.2) is 77.6 Å². The van der Waals surface area contributed by atoms with Crippen LogP contribution in [0.3, 0.4) is 0 Å². The number of thioether (sulfide) groups is 1. The molecule has 31 heavy (non-hydrogen) atoms. The minimum absolute atomic E-state index is 0.0135. The Bertz CT molecular complexity index is 930. The molecule has 1 atom stereocenters. The molecule has 3 heterocycles. The maximum atomic E-state index is 12.9. The van der Waals surface area contributed by atoms with Gasteiger partial charge in [0.15, 0.2) is 15.8 Å². The van der Waals surface area contributed by atoms with Crippen molar-refractivity contribution < 1.29 is 19.1 Å². The first kappa shape index (κ1) is 21.7. The number of carbonyl (C=O) groups excluding carboxylic acids is 2. The van der Waals surface area contributed by atoms with E-state index >= 15 is 0 Å². The van der Waals surface area contributed by atoms with Crippen molar-refractivity contribution in [2.75, 3.05) is 43.4 Å². The van der Waals surface area contributed by atoms with E-state index in [9.17, 15) is 9.59 Å². The van der Waals surface area contributed by atoms with E-state index in [1.807, 2.05) is 43.0 Å². The molecular formula is C20H25N5O4S2. The first-order valence-corrected chi connectivity index (χ1v) is 12.0. The summed E-state index contributed by atoms with van der Waals surface area (Å²) >= 11 is 2.85. The van der Waals surface area contributed by atoms with E-state index in [1.54, 1.807) is 0 Å². The Labute approximate surface area is 189 Å². The fourth-order valence-corrected chi connectivity index (χ4v) is 5.05. The maximum absolute atomic E-state index is 12.9. The molecule has 0 spiro atoms. The number of carbonyl (C=O) groups is 2.